The van der Waals surface area contributed by atoms with Gasteiger partial charge in [0.1, 0.15) is 11.5 Å². The Balaban J connectivity index is 0.00000324. The van der Waals surface area contributed by atoms with Gasteiger partial charge in [-0.2, -0.15) is 0 Å². The summed E-state index contributed by atoms with van der Waals surface area (Å²) in [5.74, 6) is -3.63. The van der Waals surface area contributed by atoms with Crippen LogP contribution >= 0.6 is 0 Å². The van der Waals surface area contributed by atoms with Crippen LogP contribution in [-0.2, 0) is 0 Å². The van der Waals surface area contributed by atoms with Gasteiger partial charge in [0, 0.05) is 43.0 Å². The summed E-state index contributed by atoms with van der Waals surface area (Å²) in [4.78, 5) is 19.1. The van der Waals surface area contributed by atoms with Crippen molar-refractivity contribution in [1.82, 2.24) is 14.3 Å². The predicted octanol–water partition coefficient (Wildman–Crippen LogP) is 5.13. The number of carbonyl (C=O) groups excluding carboxylic acids is 1. The summed E-state index contributed by atoms with van der Waals surface area (Å²) in [6.45, 7) is 1.47. The van der Waals surface area contributed by atoms with E-state index in [1.54, 1.807) is 17.0 Å². The van der Waals surface area contributed by atoms with Gasteiger partial charge in [0.25, 0.3) is 11.8 Å². The zero-order valence-corrected chi connectivity index (χ0v) is 18.8. The average molecular weight is 478 g/mol. The van der Waals surface area contributed by atoms with E-state index in [0.29, 0.717) is 35.6 Å². The third kappa shape index (κ3) is 5.55. The van der Waals surface area contributed by atoms with E-state index in [-0.39, 0.29) is 22.0 Å². The molecule has 1 aliphatic rings. The van der Waals surface area contributed by atoms with Gasteiger partial charge in [-0.05, 0) is 43.2 Å². The van der Waals surface area contributed by atoms with Crippen LogP contribution in [0.2, 0.25) is 0 Å². The number of anilines is 1. The molecule has 4 rings (SSSR count). The van der Waals surface area contributed by atoms with E-state index < -0.39 is 18.3 Å². The maximum atomic E-state index is 13.8. The molecule has 2 N–H and O–H groups in total. The standard InChI is InChI=1S/C24H26F3N5O.FH/c1-24(26,27)15-30-19-12-16(23(33)31-10-4-2-3-5-11-31)6-8-18(19)22(28)20-13-29-21-9-7-17(25)14-32(20)21;/h6-9,12-14,28,30H,2-5,10-11,15H2,1H3;1H. The van der Waals surface area contributed by atoms with Crippen LogP contribution in [0.15, 0.2) is 42.7 Å². The van der Waals surface area contributed by atoms with Crippen LogP contribution in [0.4, 0.5) is 23.6 Å². The van der Waals surface area contributed by atoms with Gasteiger partial charge < -0.3 is 10.2 Å². The predicted molar refractivity (Wildman–Crippen MR) is 124 cm³/mol. The molecule has 3 heterocycles. The van der Waals surface area contributed by atoms with Crippen LogP contribution < -0.4 is 5.32 Å². The number of imidazole rings is 1. The van der Waals surface area contributed by atoms with Crippen molar-refractivity contribution in [3.05, 3.63) is 65.4 Å². The monoisotopic (exact) mass is 477 g/mol. The number of benzene rings is 1. The lowest BCUT2D eigenvalue weighted by atomic mass is 10.0. The van der Waals surface area contributed by atoms with Gasteiger partial charge in [-0.3, -0.25) is 19.3 Å². The highest BCUT2D eigenvalue weighted by Crippen LogP contribution is 2.25. The number of halogens is 4. The zero-order valence-electron chi connectivity index (χ0n) is 18.8. The van der Waals surface area contributed by atoms with Gasteiger partial charge in [-0.15, -0.1) is 0 Å². The summed E-state index contributed by atoms with van der Waals surface area (Å²) in [6, 6.07) is 7.46. The van der Waals surface area contributed by atoms with E-state index >= 15 is 0 Å². The van der Waals surface area contributed by atoms with E-state index in [4.69, 9.17) is 5.41 Å². The summed E-state index contributed by atoms with van der Waals surface area (Å²) in [7, 11) is 0. The van der Waals surface area contributed by atoms with Crippen molar-refractivity contribution in [3.63, 3.8) is 0 Å². The first-order chi connectivity index (χ1) is 15.7. The van der Waals surface area contributed by atoms with Crippen molar-refractivity contribution in [2.45, 2.75) is 38.5 Å². The molecule has 10 heteroatoms. The van der Waals surface area contributed by atoms with E-state index in [9.17, 15) is 18.0 Å². The normalized spacial score (nSPS) is 14.4. The van der Waals surface area contributed by atoms with Gasteiger partial charge in [0.2, 0.25) is 0 Å². The number of fused-ring (bicyclic) bond motifs is 1. The molecule has 0 spiro atoms. The minimum absolute atomic E-state index is 0. The highest BCUT2D eigenvalue weighted by atomic mass is 19.3. The van der Waals surface area contributed by atoms with Crippen LogP contribution in [0.1, 0.15) is 54.2 Å². The summed E-state index contributed by atoms with van der Waals surface area (Å²) >= 11 is 0. The molecular formula is C24H27F4N5O. The highest BCUT2D eigenvalue weighted by molar-refractivity contribution is 6.14. The number of rotatable bonds is 6. The SMILES string of the molecule is CC(F)(F)CNc1cc(C(=O)N2CCCCCC2)ccc1C(=N)c1cnc2ccc(F)cn12.F. The summed E-state index contributed by atoms with van der Waals surface area (Å²) in [6.07, 6.45) is 6.69. The lowest BCUT2D eigenvalue weighted by molar-refractivity contribution is 0.0367. The lowest BCUT2D eigenvalue weighted by Crippen LogP contribution is -2.32. The Morgan fingerprint density at radius 2 is 1.85 bits per heavy atom. The fourth-order valence-corrected chi connectivity index (χ4v) is 4.03. The second-order valence-corrected chi connectivity index (χ2v) is 8.48. The first-order valence-corrected chi connectivity index (χ1v) is 11.0. The molecule has 1 amide bonds. The average Bonchev–Trinajstić information content (AvgIpc) is 3.00. The van der Waals surface area contributed by atoms with Gasteiger partial charge in [-0.25, -0.2) is 18.2 Å². The number of nitrogens with zero attached hydrogens (tertiary/aromatic N) is 3. The second kappa shape index (κ2) is 10.2. The third-order valence-electron chi connectivity index (χ3n) is 5.74. The van der Waals surface area contributed by atoms with E-state index in [1.165, 1.54) is 35.0 Å². The van der Waals surface area contributed by atoms with Crippen LogP contribution in [0.25, 0.3) is 5.65 Å². The van der Waals surface area contributed by atoms with Crippen molar-refractivity contribution < 1.29 is 22.7 Å². The molecule has 0 saturated carbocycles. The Labute approximate surface area is 194 Å². The Bertz CT molecular complexity index is 1180. The zero-order chi connectivity index (χ0) is 23.6. The first-order valence-electron chi connectivity index (χ1n) is 11.0. The lowest BCUT2D eigenvalue weighted by Gasteiger charge is -2.22. The minimum Gasteiger partial charge on any atom is -0.378 e. The number of hydrogen-bond acceptors (Lipinski definition) is 4. The van der Waals surface area contributed by atoms with Crippen LogP contribution in [0.3, 0.4) is 0 Å². The maximum absolute atomic E-state index is 13.8. The molecule has 1 aliphatic heterocycles. The number of likely N-dealkylation sites (tertiary alicyclic amines) is 1. The Hall–Kier alpha value is -3.43. The molecule has 0 atom stereocenters. The fourth-order valence-electron chi connectivity index (χ4n) is 4.03. The first kappa shape index (κ1) is 25.2. The fraction of sp³-hybridized carbons (Fsp3) is 0.375. The van der Waals surface area contributed by atoms with Crippen molar-refractivity contribution in [1.29, 1.82) is 5.41 Å². The van der Waals surface area contributed by atoms with E-state index in [2.05, 4.69) is 10.3 Å². The number of carbonyl (C=O) groups is 1. The summed E-state index contributed by atoms with van der Waals surface area (Å²) < 4.78 is 42.4. The minimum atomic E-state index is -2.99. The molecule has 3 aromatic rings. The van der Waals surface area contributed by atoms with Gasteiger partial charge in [-0.1, -0.05) is 12.8 Å². The second-order valence-electron chi connectivity index (χ2n) is 8.48. The molecular weight excluding hydrogens is 450 g/mol. The smallest absolute Gasteiger partial charge is 0.262 e. The van der Waals surface area contributed by atoms with Crippen LogP contribution in [0.5, 0.6) is 0 Å². The Kier molecular flexibility index (Phi) is 7.58. The molecule has 182 valence electrons. The van der Waals surface area contributed by atoms with Crippen molar-refractivity contribution >= 4 is 23.0 Å². The molecule has 0 aliphatic carbocycles. The molecule has 6 nitrogen and oxygen atoms in total. The molecule has 34 heavy (non-hydrogen) atoms. The molecule has 1 saturated heterocycles. The van der Waals surface area contributed by atoms with Gasteiger partial charge >= 0.3 is 0 Å². The molecule has 1 aromatic carbocycles. The molecule has 0 radical (unpaired) electrons. The number of nitrogens with one attached hydrogen (secondary N) is 2. The topological polar surface area (TPSA) is 73.5 Å². The Morgan fingerprint density at radius 3 is 2.53 bits per heavy atom. The molecule has 1 fully saturated rings. The van der Waals surface area contributed by atoms with Crippen molar-refractivity contribution in [2.75, 3.05) is 25.0 Å². The maximum Gasteiger partial charge on any atom is 0.262 e. The summed E-state index contributed by atoms with van der Waals surface area (Å²) in [5.41, 5.74) is 1.68. The molecule has 0 bridgehead atoms. The number of pyridine rings is 1. The largest absolute Gasteiger partial charge is 0.378 e. The van der Waals surface area contributed by atoms with E-state index in [0.717, 1.165) is 32.6 Å². The molecule has 0 unspecified atom stereocenters. The van der Waals surface area contributed by atoms with Gasteiger partial charge in [0.05, 0.1) is 24.1 Å². The third-order valence-corrected chi connectivity index (χ3v) is 5.74. The van der Waals surface area contributed by atoms with E-state index in [1.807, 2.05) is 0 Å². The quantitative estimate of drug-likeness (QED) is 0.382. The number of hydrogen-bond donors (Lipinski definition) is 2. The number of aromatic nitrogens is 2. The van der Waals surface area contributed by atoms with Crippen LogP contribution in [-0.4, -0.2) is 51.5 Å². The number of alkyl halides is 2. The van der Waals surface area contributed by atoms with Crippen molar-refractivity contribution in [2.24, 2.45) is 0 Å². The number of amides is 1. The highest BCUT2D eigenvalue weighted by Gasteiger charge is 2.24. The van der Waals surface area contributed by atoms with Gasteiger partial charge in [0.15, 0.2) is 0 Å². The Morgan fingerprint density at radius 1 is 1.15 bits per heavy atom. The molecule has 2 aromatic heterocycles. The van der Waals surface area contributed by atoms with Crippen molar-refractivity contribution in [3.8, 4) is 0 Å². The van der Waals surface area contributed by atoms with Crippen LogP contribution in [0, 0.1) is 11.2 Å². The summed E-state index contributed by atoms with van der Waals surface area (Å²) in [5, 5.41) is 11.4.